The molecule has 5 nitrogen and oxygen atoms in total. The van der Waals surface area contributed by atoms with Gasteiger partial charge in [0.1, 0.15) is 11.5 Å². The molecule has 0 spiro atoms. The quantitative estimate of drug-likeness (QED) is 0.652. The van der Waals surface area contributed by atoms with Gasteiger partial charge in [-0.3, -0.25) is 4.79 Å². The topological polar surface area (TPSA) is 59.9 Å². The molecule has 0 aliphatic carbocycles. The Balaban J connectivity index is 1.88. The monoisotopic (exact) mass is 332 g/mol. The Hall–Kier alpha value is -2.53. The van der Waals surface area contributed by atoms with Gasteiger partial charge in [0.2, 0.25) is 0 Å². The third-order valence-corrected chi connectivity index (χ3v) is 3.23. The minimum absolute atomic E-state index is 0.348. The summed E-state index contributed by atoms with van der Waals surface area (Å²) in [6.45, 7) is 1.64. The lowest BCUT2D eigenvalue weighted by molar-refractivity contribution is -0.127. The van der Waals surface area contributed by atoms with Crippen LogP contribution in [0.1, 0.15) is 12.5 Å². The van der Waals surface area contributed by atoms with Crippen molar-refractivity contribution in [3.05, 3.63) is 59.1 Å². The van der Waals surface area contributed by atoms with Gasteiger partial charge in [-0.25, -0.2) is 5.43 Å². The summed E-state index contributed by atoms with van der Waals surface area (Å²) >= 11 is 5.80. The van der Waals surface area contributed by atoms with E-state index in [1.165, 1.54) is 6.21 Å². The number of hydrogen-bond acceptors (Lipinski definition) is 4. The molecule has 0 aromatic heterocycles. The number of carbonyl (C=O) groups excluding carboxylic acids is 1. The first-order valence-electron chi connectivity index (χ1n) is 6.97. The van der Waals surface area contributed by atoms with E-state index in [0.29, 0.717) is 10.8 Å². The highest BCUT2D eigenvalue weighted by Crippen LogP contribution is 2.16. The molecular formula is C17H17ClN2O3. The standard InChI is InChI=1S/C17H17ClN2O3/c1-12(23-15-8-6-14(18)7-9-15)17(21)20-19-11-13-4-3-5-16(10-13)22-2/h3-12H,1-2H3,(H,20,21)/b19-11+/t12-/m0/s1. The number of halogens is 1. The number of ether oxygens (including phenoxy) is 2. The average Bonchev–Trinajstić information content (AvgIpc) is 2.57. The van der Waals surface area contributed by atoms with Gasteiger partial charge in [-0.2, -0.15) is 5.10 Å². The van der Waals surface area contributed by atoms with E-state index in [-0.39, 0.29) is 5.91 Å². The van der Waals surface area contributed by atoms with Gasteiger partial charge >= 0.3 is 0 Å². The summed E-state index contributed by atoms with van der Waals surface area (Å²) in [7, 11) is 1.59. The van der Waals surface area contributed by atoms with Crippen LogP contribution in [0.3, 0.4) is 0 Å². The van der Waals surface area contributed by atoms with Crippen LogP contribution in [0.15, 0.2) is 53.6 Å². The second-order valence-corrected chi connectivity index (χ2v) is 5.16. The number of rotatable bonds is 6. The fourth-order valence-electron chi connectivity index (χ4n) is 1.75. The van der Waals surface area contributed by atoms with Gasteiger partial charge in [-0.1, -0.05) is 23.7 Å². The van der Waals surface area contributed by atoms with Crippen LogP contribution in [-0.2, 0) is 4.79 Å². The predicted molar refractivity (Wildman–Crippen MR) is 90.3 cm³/mol. The molecule has 0 saturated heterocycles. The molecule has 0 bridgehead atoms. The van der Waals surface area contributed by atoms with E-state index >= 15 is 0 Å². The molecule has 0 radical (unpaired) electrons. The first-order chi connectivity index (χ1) is 11.1. The van der Waals surface area contributed by atoms with Crippen molar-refractivity contribution in [3.8, 4) is 11.5 Å². The zero-order valence-electron chi connectivity index (χ0n) is 12.8. The van der Waals surface area contributed by atoms with E-state index < -0.39 is 6.10 Å². The number of hydrazone groups is 1. The largest absolute Gasteiger partial charge is 0.497 e. The van der Waals surface area contributed by atoms with Gasteiger partial charge < -0.3 is 9.47 Å². The van der Waals surface area contributed by atoms with Crippen molar-refractivity contribution in [2.45, 2.75) is 13.0 Å². The van der Waals surface area contributed by atoms with Crippen LogP contribution in [0.2, 0.25) is 5.02 Å². The molecule has 120 valence electrons. The molecule has 1 N–H and O–H groups in total. The Morgan fingerprint density at radius 2 is 1.96 bits per heavy atom. The Kier molecular flexibility index (Phi) is 6.00. The maximum absolute atomic E-state index is 11.9. The first-order valence-corrected chi connectivity index (χ1v) is 7.35. The zero-order valence-corrected chi connectivity index (χ0v) is 13.6. The second kappa shape index (κ2) is 8.19. The first kappa shape index (κ1) is 16.8. The second-order valence-electron chi connectivity index (χ2n) is 4.72. The van der Waals surface area contributed by atoms with Gasteiger partial charge in [0, 0.05) is 5.02 Å². The van der Waals surface area contributed by atoms with E-state index in [4.69, 9.17) is 21.1 Å². The summed E-state index contributed by atoms with van der Waals surface area (Å²) in [6.07, 6.45) is 0.855. The number of hydrogen-bond donors (Lipinski definition) is 1. The fraction of sp³-hybridized carbons (Fsp3) is 0.176. The van der Waals surface area contributed by atoms with E-state index in [9.17, 15) is 4.79 Å². The number of benzene rings is 2. The zero-order chi connectivity index (χ0) is 16.7. The Morgan fingerprint density at radius 3 is 2.65 bits per heavy atom. The lowest BCUT2D eigenvalue weighted by atomic mass is 10.2. The minimum atomic E-state index is -0.682. The van der Waals surface area contributed by atoms with Crippen LogP contribution in [-0.4, -0.2) is 25.3 Å². The van der Waals surface area contributed by atoms with Crippen LogP contribution in [0.25, 0.3) is 0 Å². The van der Waals surface area contributed by atoms with Crippen LogP contribution in [0.5, 0.6) is 11.5 Å². The van der Waals surface area contributed by atoms with Crippen LogP contribution in [0, 0.1) is 0 Å². The number of nitrogens with one attached hydrogen (secondary N) is 1. The van der Waals surface area contributed by atoms with Crippen molar-refractivity contribution < 1.29 is 14.3 Å². The predicted octanol–water partition coefficient (Wildman–Crippen LogP) is 3.27. The number of methoxy groups -OCH3 is 1. The van der Waals surface area contributed by atoms with E-state index in [1.54, 1.807) is 38.3 Å². The molecule has 6 heteroatoms. The molecule has 1 atom stereocenters. The highest BCUT2D eigenvalue weighted by Gasteiger charge is 2.13. The summed E-state index contributed by atoms with van der Waals surface area (Å²) in [5.41, 5.74) is 3.25. The van der Waals surface area contributed by atoms with Crippen molar-refractivity contribution in [2.24, 2.45) is 5.10 Å². The van der Waals surface area contributed by atoms with E-state index in [2.05, 4.69) is 10.5 Å². The molecule has 0 aliphatic heterocycles. The average molecular weight is 333 g/mol. The maximum atomic E-state index is 11.9. The van der Waals surface area contributed by atoms with Crippen LogP contribution in [0.4, 0.5) is 0 Å². The summed E-state index contributed by atoms with van der Waals surface area (Å²) in [5.74, 6) is 0.938. The molecular weight excluding hydrogens is 316 g/mol. The Morgan fingerprint density at radius 1 is 1.22 bits per heavy atom. The van der Waals surface area contributed by atoms with Crippen LogP contribution < -0.4 is 14.9 Å². The maximum Gasteiger partial charge on any atom is 0.280 e. The fourth-order valence-corrected chi connectivity index (χ4v) is 1.88. The summed E-state index contributed by atoms with van der Waals surface area (Å²) < 4.78 is 10.6. The molecule has 2 aromatic carbocycles. The molecule has 23 heavy (non-hydrogen) atoms. The normalized spacial score (nSPS) is 12.0. The van der Waals surface area contributed by atoms with Crippen LogP contribution >= 0.6 is 11.6 Å². The van der Waals surface area contributed by atoms with Crippen molar-refractivity contribution in [3.63, 3.8) is 0 Å². The minimum Gasteiger partial charge on any atom is -0.497 e. The smallest absolute Gasteiger partial charge is 0.280 e. The van der Waals surface area contributed by atoms with Gasteiger partial charge in [0.05, 0.1) is 13.3 Å². The molecule has 1 amide bonds. The van der Waals surface area contributed by atoms with E-state index in [0.717, 1.165) is 11.3 Å². The van der Waals surface area contributed by atoms with Crippen molar-refractivity contribution in [1.29, 1.82) is 0 Å². The molecule has 0 unspecified atom stereocenters. The summed E-state index contributed by atoms with van der Waals surface area (Å²) in [4.78, 5) is 11.9. The lowest BCUT2D eigenvalue weighted by Gasteiger charge is -2.12. The number of carbonyl (C=O) groups is 1. The Labute approximate surface area is 139 Å². The molecule has 2 aromatic rings. The summed E-state index contributed by atoms with van der Waals surface area (Å²) in [6, 6.07) is 14.1. The van der Waals surface area contributed by atoms with E-state index in [1.807, 2.05) is 24.3 Å². The third-order valence-electron chi connectivity index (χ3n) is 2.98. The lowest BCUT2D eigenvalue weighted by Crippen LogP contribution is -2.33. The summed E-state index contributed by atoms with van der Waals surface area (Å²) in [5, 5.41) is 4.52. The molecule has 0 heterocycles. The molecule has 2 rings (SSSR count). The SMILES string of the molecule is COc1cccc(/C=N/NC(=O)[C@H](C)Oc2ccc(Cl)cc2)c1. The van der Waals surface area contributed by atoms with Crippen molar-refractivity contribution in [2.75, 3.05) is 7.11 Å². The van der Waals surface area contributed by atoms with Crippen molar-refractivity contribution in [1.82, 2.24) is 5.43 Å². The number of nitrogens with zero attached hydrogens (tertiary/aromatic N) is 1. The highest BCUT2D eigenvalue weighted by molar-refractivity contribution is 6.30. The van der Waals surface area contributed by atoms with Gasteiger partial charge in [0.15, 0.2) is 6.10 Å². The van der Waals surface area contributed by atoms with Gasteiger partial charge in [-0.05, 0) is 48.9 Å². The molecule has 0 aliphatic rings. The molecule has 0 saturated carbocycles. The van der Waals surface area contributed by atoms with Gasteiger partial charge in [-0.15, -0.1) is 0 Å². The Bertz CT molecular complexity index is 686. The highest BCUT2D eigenvalue weighted by atomic mass is 35.5. The van der Waals surface area contributed by atoms with Gasteiger partial charge in [0.25, 0.3) is 5.91 Å². The number of amides is 1. The van der Waals surface area contributed by atoms with Crippen molar-refractivity contribution >= 4 is 23.7 Å². The molecule has 0 fully saturated rings. The third kappa shape index (κ3) is 5.30.